The van der Waals surface area contributed by atoms with Crippen LogP contribution in [0, 0.1) is 0 Å². The molecule has 0 spiro atoms. The number of rotatable bonds is 5. The van der Waals surface area contributed by atoms with Gasteiger partial charge in [0.25, 0.3) is 0 Å². The second-order valence-electron chi connectivity index (χ2n) is 10.7. The fraction of sp³-hybridized carbons (Fsp3) is 0.480. The van der Waals surface area contributed by atoms with Crippen LogP contribution < -0.4 is 5.32 Å². The van der Waals surface area contributed by atoms with Crippen LogP contribution >= 0.6 is 0 Å². The Hall–Kier alpha value is -3.33. The molecule has 0 radical (unpaired) electrons. The average molecular weight is 461 g/mol. The van der Waals surface area contributed by atoms with E-state index in [4.69, 9.17) is 0 Å². The van der Waals surface area contributed by atoms with Crippen molar-refractivity contribution in [2.24, 2.45) is 0 Å². The molecule has 0 bridgehead atoms. The molecule has 178 valence electrons. The van der Waals surface area contributed by atoms with Crippen LogP contribution in [0.2, 0.25) is 0 Å². The second kappa shape index (κ2) is 8.16. The van der Waals surface area contributed by atoms with Gasteiger partial charge in [-0.15, -0.1) is 15.3 Å². The maximum atomic E-state index is 10.8. The Morgan fingerprint density at radius 2 is 1.79 bits per heavy atom. The van der Waals surface area contributed by atoms with Crippen LogP contribution in [0.5, 0.6) is 5.75 Å². The first-order chi connectivity index (χ1) is 16.1. The highest BCUT2D eigenvalue weighted by Gasteiger charge is 2.39. The van der Waals surface area contributed by atoms with Crippen LogP contribution in [0.15, 0.2) is 36.7 Å². The monoisotopic (exact) mass is 460 g/mol. The van der Waals surface area contributed by atoms with E-state index in [1.807, 2.05) is 40.0 Å². The smallest absolute Gasteiger partial charge is 0.201 e. The highest BCUT2D eigenvalue weighted by Crippen LogP contribution is 2.37. The van der Waals surface area contributed by atoms with Gasteiger partial charge in [-0.25, -0.2) is 4.68 Å². The zero-order valence-electron chi connectivity index (χ0n) is 20.4. The van der Waals surface area contributed by atoms with Crippen molar-refractivity contribution >= 4 is 11.2 Å². The minimum Gasteiger partial charge on any atom is -0.507 e. The van der Waals surface area contributed by atoms with Gasteiger partial charge in [0.05, 0.1) is 17.9 Å². The minimum absolute atomic E-state index is 0.0152. The van der Waals surface area contributed by atoms with E-state index in [-0.39, 0.29) is 22.9 Å². The molecule has 0 atom stereocenters. The maximum Gasteiger partial charge on any atom is 0.201 e. The third kappa shape index (κ3) is 4.27. The molecule has 0 amide bonds. The zero-order valence-corrected chi connectivity index (χ0v) is 20.4. The van der Waals surface area contributed by atoms with Crippen molar-refractivity contribution in [3.05, 3.63) is 36.7 Å². The highest BCUT2D eigenvalue weighted by molar-refractivity contribution is 5.79. The largest absolute Gasteiger partial charge is 0.507 e. The van der Waals surface area contributed by atoms with E-state index in [1.54, 1.807) is 6.07 Å². The topological polar surface area (TPSA) is 107 Å². The summed E-state index contributed by atoms with van der Waals surface area (Å²) < 4.78 is 3.82. The Morgan fingerprint density at radius 3 is 2.50 bits per heavy atom. The lowest BCUT2D eigenvalue weighted by atomic mass is 9.80. The molecular weight excluding hydrogens is 428 g/mol. The van der Waals surface area contributed by atoms with Crippen molar-refractivity contribution in [2.45, 2.75) is 77.5 Å². The number of aryl methyl sites for hydroxylation is 1. The molecule has 3 aromatic heterocycles. The summed E-state index contributed by atoms with van der Waals surface area (Å²) in [4.78, 5) is 0. The van der Waals surface area contributed by atoms with Gasteiger partial charge in [-0.3, -0.25) is 4.68 Å². The van der Waals surface area contributed by atoms with Crippen LogP contribution in [0.25, 0.3) is 33.5 Å². The average Bonchev–Trinajstić information content (AvgIpc) is 3.38. The third-order valence-electron chi connectivity index (χ3n) is 6.43. The molecule has 1 aliphatic heterocycles. The molecule has 2 N–H and O–H groups in total. The number of hydrogen-bond donors (Lipinski definition) is 2. The van der Waals surface area contributed by atoms with E-state index in [1.165, 1.54) is 0 Å². The van der Waals surface area contributed by atoms with E-state index < -0.39 is 0 Å². The molecule has 4 heterocycles. The molecule has 34 heavy (non-hydrogen) atoms. The van der Waals surface area contributed by atoms with Crippen LogP contribution in [0.4, 0.5) is 0 Å². The van der Waals surface area contributed by atoms with Gasteiger partial charge < -0.3 is 10.4 Å². The molecule has 1 aliphatic rings. The minimum atomic E-state index is -0.0152. The summed E-state index contributed by atoms with van der Waals surface area (Å²) >= 11 is 0. The maximum absolute atomic E-state index is 10.8. The number of aromatic hydroxyl groups is 1. The van der Waals surface area contributed by atoms with Crippen molar-refractivity contribution in [1.29, 1.82) is 0 Å². The number of fused-ring (bicyclic) bond motifs is 1. The molecule has 1 aromatic carbocycles. The first-order valence-corrected chi connectivity index (χ1v) is 11.9. The quantitative estimate of drug-likeness (QED) is 0.456. The number of nitrogens with one attached hydrogen (secondary N) is 1. The van der Waals surface area contributed by atoms with Crippen molar-refractivity contribution in [2.75, 3.05) is 0 Å². The van der Waals surface area contributed by atoms with E-state index in [0.717, 1.165) is 36.9 Å². The fourth-order valence-corrected chi connectivity index (χ4v) is 5.36. The van der Waals surface area contributed by atoms with Gasteiger partial charge in [0.15, 0.2) is 0 Å². The number of benzene rings is 1. The normalized spacial score (nSPS) is 17.9. The number of aromatic nitrogens is 7. The van der Waals surface area contributed by atoms with Crippen molar-refractivity contribution in [3.63, 3.8) is 0 Å². The highest BCUT2D eigenvalue weighted by atomic mass is 16.3. The lowest BCUT2D eigenvalue weighted by molar-refractivity contribution is 0.127. The van der Waals surface area contributed by atoms with Gasteiger partial charge in [0.1, 0.15) is 11.3 Å². The van der Waals surface area contributed by atoms with Gasteiger partial charge in [0.2, 0.25) is 5.65 Å². The van der Waals surface area contributed by atoms with Crippen LogP contribution in [0.1, 0.15) is 59.9 Å². The summed E-state index contributed by atoms with van der Waals surface area (Å²) in [7, 11) is 0. The van der Waals surface area contributed by atoms with Gasteiger partial charge in [-0.1, -0.05) is 18.2 Å². The standard InChI is InChI=1S/C25H32N8O/c1-6-9-32-15-17(14-26-32)16-7-8-19(22(34)10-16)20-11-21-23(29-27-20)33(31-28-21)18-12-24(2,3)30-25(4,5)13-18/h7-8,10-11,14-15,18,30,34H,6,9,12-13H2,1-5H3. The predicted molar refractivity (Wildman–Crippen MR) is 131 cm³/mol. The van der Waals surface area contributed by atoms with Crippen LogP contribution in [-0.2, 0) is 6.54 Å². The van der Waals surface area contributed by atoms with Crippen LogP contribution in [0.3, 0.4) is 0 Å². The Balaban J connectivity index is 1.44. The third-order valence-corrected chi connectivity index (χ3v) is 6.43. The molecule has 0 saturated carbocycles. The van der Waals surface area contributed by atoms with Crippen molar-refractivity contribution in [1.82, 2.24) is 40.3 Å². The lowest BCUT2D eigenvalue weighted by Gasteiger charge is -2.46. The number of nitrogens with zero attached hydrogens (tertiary/aromatic N) is 7. The number of phenolic OH excluding ortho intramolecular Hbond substituents is 1. The predicted octanol–water partition coefficient (Wildman–Crippen LogP) is 4.35. The van der Waals surface area contributed by atoms with Crippen molar-refractivity contribution < 1.29 is 5.11 Å². The Morgan fingerprint density at radius 1 is 1.03 bits per heavy atom. The molecule has 0 aliphatic carbocycles. The molecule has 5 rings (SSSR count). The van der Waals surface area contributed by atoms with Crippen molar-refractivity contribution in [3.8, 4) is 28.1 Å². The number of hydrogen-bond acceptors (Lipinski definition) is 7. The van der Waals surface area contributed by atoms with E-state index in [2.05, 4.69) is 65.5 Å². The summed E-state index contributed by atoms with van der Waals surface area (Å²) in [5.74, 6) is 0.142. The first-order valence-electron chi connectivity index (χ1n) is 11.9. The summed E-state index contributed by atoms with van der Waals surface area (Å²) in [6.07, 6.45) is 6.68. The summed E-state index contributed by atoms with van der Waals surface area (Å²) in [5.41, 5.74) is 4.35. The first kappa shape index (κ1) is 22.5. The molecule has 0 unspecified atom stereocenters. The van der Waals surface area contributed by atoms with Gasteiger partial charge in [-0.05, 0) is 70.7 Å². The van der Waals surface area contributed by atoms with Crippen LogP contribution in [-0.4, -0.2) is 51.2 Å². The molecule has 9 nitrogen and oxygen atoms in total. The molecular formula is C25H32N8O. The summed E-state index contributed by atoms with van der Waals surface area (Å²) in [5, 5.41) is 36.6. The number of phenols is 1. The Bertz CT molecular complexity index is 1320. The Kier molecular flexibility index (Phi) is 5.39. The van der Waals surface area contributed by atoms with Gasteiger partial charge in [-0.2, -0.15) is 5.10 Å². The summed E-state index contributed by atoms with van der Waals surface area (Å²) in [6.45, 7) is 11.8. The van der Waals surface area contributed by atoms with Gasteiger partial charge in [0, 0.05) is 34.9 Å². The van der Waals surface area contributed by atoms with E-state index in [0.29, 0.717) is 22.4 Å². The molecule has 9 heteroatoms. The number of piperidine rings is 1. The van der Waals surface area contributed by atoms with E-state index in [9.17, 15) is 5.11 Å². The molecule has 4 aromatic rings. The molecule has 1 fully saturated rings. The lowest BCUT2D eigenvalue weighted by Crippen LogP contribution is -2.58. The zero-order chi connectivity index (χ0) is 24.1. The van der Waals surface area contributed by atoms with E-state index >= 15 is 0 Å². The summed E-state index contributed by atoms with van der Waals surface area (Å²) in [6, 6.07) is 7.59. The van der Waals surface area contributed by atoms with Gasteiger partial charge >= 0.3 is 0 Å². The fourth-order valence-electron chi connectivity index (χ4n) is 5.36. The molecule has 1 saturated heterocycles. The SMILES string of the molecule is CCCn1cc(-c2ccc(-c3cc4nnn(C5CC(C)(C)NC(C)(C)C5)c4nn3)c(O)c2)cn1. The Labute approximate surface area is 199 Å². The second-order valence-corrected chi connectivity index (χ2v) is 10.7.